The van der Waals surface area contributed by atoms with E-state index in [0.717, 1.165) is 53.7 Å². The lowest BCUT2D eigenvalue weighted by molar-refractivity contribution is -0.137. The minimum atomic E-state index is -4.41. The first-order chi connectivity index (χ1) is 15.3. The fourth-order valence-corrected chi connectivity index (χ4v) is 4.23. The van der Waals surface area contributed by atoms with Crippen LogP contribution >= 0.6 is 0 Å². The van der Waals surface area contributed by atoms with Gasteiger partial charge in [-0.05, 0) is 60.4 Å². The Bertz CT molecular complexity index is 1290. The number of fused-ring (bicyclic) bond motifs is 3. The highest BCUT2D eigenvalue weighted by Gasteiger charge is 2.30. The quantitative estimate of drug-likeness (QED) is 0.330. The second-order valence-electron chi connectivity index (χ2n) is 8.07. The molecule has 0 unspecified atom stereocenters. The minimum absolute atomic E-state index is 0.235. The van der Waals surface area contributed by atoms with Gasteiger partial charge >= 0.3 is 6.18 Å². The first-order valence-corrected chi connectivity index (χ1v) is 10.7. The van der Waals surface area contributed by atoms with Crippen molar-refractivity contribution in [2.24, 2.45) is 5.73 Å². The maximum Gasteiger partial charge on any atom is 0.416 e. The molecule has 0 atom stereocenters. The van der Waals surface area contributed by atoms with Gasteiger partial charge in [0.05, 0.1) is 16.6 Å². The van der Waals surface area contributed by atoms with Gasteiger partial charge in [0.2, 0.25) is 5.91 Å². The Hall–Kier alpha value is -3.28. The number of carbonyl (C=O) groups excluding carboxylic acids is 1. The predicted molar refractivity (Wildman–Crippen MR) is 121 cm³/mol. The molecule has 1 heterocycles. The molecule has 1 amide bonds. The number of benzene rings is 3. The molecule has 1 radical (unpaired) electrons. The number of carbonyl (C=O) groups is 1. The second kappa shape index (κ2) is 8.69. The Balaban J connectivity index is 1.89. The number of rotatable bonds is 7. The number of amides is 1. The Morgan fingerprint density at radius 3 is 2.53 bits per heavy atom. The lowest BCUT2D eigenvalue weighted by Crippen LogP contribution is -2.11. The topological polar surface area (TPSA) is 48.0 Å². The van der Waals surface area contributed by atoms with E-state index >= 15 is 0 Å². The molecule has 4 aromatic rings. The summed E-state index contributed by atoms with van der Waals surface area (Å²) in [5.41, 5.74) is 8.54. The first-order valence-electron chi connectivity index (χ1n) is 10.7. The van der Waals surface area contributed by atoms with E-state index in [1.54, 1.807) is 18.2 Å². The van der Waals surface area contributed by atoms with Crippen LogP contribution in [0.2, 0.25) is 0 Å². The van der Waals surface area contributed by atoms with Crippen LogP contribution in [0, 0.1) is 6.07 Å². The fraction of sp³-hybridized carbons (Fsp3) is 0.269. The summed E-state index contributed by atoms with van der Waals surface area (Å²) >= 11 is 0. The average Bonchev–Trinajstić information content (AvgIpc) is 3.06. The molecule has 0 saturated carbocycles. The number of nitrogens with two attached hydrogens (primary N) is 1. The number of aromatic nitrogens is 1. The van der Waals surface area contributed by atoms with Gasteiger partial charge in [0.25, 0.3) is 0 Å². The van der Waals surface area contributed by atoms with Crippen molar-refractivity contribution in [3.63, 3.8) is 0 Å². The van der Waals surface area contributed by atoms with Gasteiger partial charge in [-0.25, -0.2) is 0 Å². The van der Waals surface area contributed by atoms with Crippen LogP contribution in [0.5, 0.6) is 0 Å². The van der Waals surface area contributed by atoms with Crippen molar-refractivity contribution >= 4 is 27.7 Å². The van der Waals surface area contributed by atoms with Crippen molar-refractivity contribution in [1.29, 1.82) is 0 Å². The zero-order valence-corrected chi connectivity index (χ0v) is 17.8. The van der Waals surface area contributed by atoms with Crippen LogP contribution in [0.15, 0.2) is 54.6 Å². The molecule has 4 rings (SSSR count). The Kier molecular flexibility index (Phi) is 5.96. The molecule has 3 nitrogen and oxygen atoms in total. The second-order valence-corrected chi connectivity index (χ2v) is 8.07. The number of alkyl halides is 3. The summed E-state index contributed by atoms with van der Waals surface area (Å²) in [5.74, 6) is -0.547. The van der Waals surface area contributed by atoms with E-state index in [2.05, 4.69) is 19.1 Å². The third kappa shape index (κ3) is 4.22. The van der Waals surface area contributed by atoms with Gasteiger partial charge in [-0.3, -0.25) is 4.79 Å². The molecule has 0 spiro atoms. The number of primary amides is 1. The first kappa shape index (κ1) is 21.9. The molecule has 6 heteroatoms. The van der Waals surface area contributed by atoms with Gasteiger partial charge in [-0.2, -0.15) is 13.2 Å². The van der Waals surface area contributed by atoms with E-state index in [4.69, 9.17) is 5.73 Å². The zero-order chi connectivity index (χ0) is 22.9. The maximum atomic E-state index is 13.2. The monoisotopic (exact) mass is 437 g/mol. The van der Waals surface area contributed by atoms with E-state index in [0.29, 0.717) is 16.5 Å². The summed E-state index contributed by atoms with van der Waals surface area (Å²) in [6.45, 7) is 2.38. The Labute approximate surface area is 184 Å². The van der Waals surface area contributed by atoms with Gasteiger partial charge < -0.3 is 10.3 Å². The van der Waals surface area contributed by atoms with Crippen LogP contribution < -0.4 is 5.73 Å². The number of unbranched alkanes of at least 4 members (excludes halogenated alkanes) is 2. The van der Waals surface area contributed by atoms with E-state index in [1.807, 2.05) is 16.7 Å². The summed E-state index contributed by atoms with van der Waals surface area (Å²) in [6.07, 6.45) is -0.221. The highest BCUT2D eigenvalue weighted by molar-refractivity contribution is 6.17. The molecule has 0 saturated heterocycles. The molecule has 0 fully saturated rings. The average molecular weight is 437 g/mol. The third-order valence-electron chi connectivity index (χ3n) is 5.78. The molecule has 0 aliphatic heterocycles. The molecule has 0 aliphatic carbocycles. The van der Waals surface area contributed by atoms with Crippen molar-refractivity contribution in [2.75, 3.05) is 0 Å². The highest BCUT2D eigenvalue weighted by atomic mass is 19.4. The largest absolute Gasteiger partial charge is 0.416 e. The maximum absolute atomic E-state index is 13.2. The van der Waals surface area contributed by atoms with Crippen molar-refractivity contribution in [3.05, 3.63) is 82.9 Å². The number of hydrogen-bond acceptors (Lipinski definition) is 1. The Morgan fingerprint density at radius 1 is 1.03 bits per heavy atom. The standard InChI is InChI=1S/C26H24F3N2O/c1-2-3-4-7-17-12-13-20-23(15-17)31(22-11-6-10-21(24(20)22)25(30)32)16-18-8-5-9-19(14-18)26(27,28)29/h5-6,8-12,14-15H,2-4,7,16H2,1H3,(H2,30,32). The van der Waals surface area contributed by atoms with E-state index < -0.39 is 17.6 Å². The van der Waals surface area contributed by atoms with Crippen LogP contribution in [-0.4, -0.2) is 10.5 Å². The molecule has 2 N–H and O–H groups in total. The van der Waals surface area contributed by atoms with Crippen LogP contribution in [0.25, 0.3) is 21.8 Å². The highest BCUT2D eigenvalue weighted by Crippen LogP contribution is 2.34. The van der Waals surface area contributed by atoms with E-state index in [9.17, 15) is 18.0 Å². The van der Waals surface area contributed by atoms with Gasteiger partial charge in [0, 0.05) is 22.9 Å². The van der Waals surface area contributed by atoms with E-state index in [-0.39, 0.29) is 6.54 Å². The Morgan fingerprint density at radius 2 is 1.81 bits per heavy atom. The minimum Gasteiger partial charge on any atom is -0.366 e. The molecule has 32 heavy (non-hydrogen) atoms. The predicted octanol–water partition coefficient (Wildman–Crippen LogP) is 6.49. The molecular formula is C26H24F3N2O. The smallest absolute Gasteiger partial charge is 0.366 e. The number of nitrogens with zero attached hydrogens (tertiary/aromatic N) is 1. The van der Waals surface area contributed by atoms with Gasteiger partial charge in [0.1, 0.15) is 0 Å². The zero-order valence-electron chi connectivity index (χ0n) is 17.8. The molecule has 0 aliphatic rings. The van der Waals surface area contributed by atoms with Crippen molar-refractivity contribution in [1.82, 2.24) is 4.57 Å². The lowest BCUT2D eigenvalue weighted by Gasteiger charge is -2.12. The van der Waals surface area contributed by atoms with Crippen LogP contribution in [0.1, 0.15) is 53.2 Å². The van der Waals surface area contributed by atoms with Gasteiger partial charge in [0.15, 0.2) is 0 Å². The molecule has 0 bridgehead atoms. The number of aryl methyl sites for hydroxylation is 1. The summed E-state index contributed by atoms with van der Waals surface area (Å²) in [4.78, 5) is 12.1. The SMILES string of the molecule is CCCCCc1c[c]c2c3c(C(N)=O)cccc3n(Cc3cccc(C(F)(F)F)c3)c2c1. The van der Waals surface area contributed by atoms with Gasteiger partial charge in [-0.1, -0.05) is 44.0 Å². The normalized spacial score (nSPS) is 12.0. The molecule has 165 valence electrons. The molecule has 3 aromatic carbocycles. The number of halogens is 3. The third-order valence-corrected chi connectivity index (χ3v) is 5.78. The van der Waals surface area contributed by atoms with Crippen molar-refractivity contribution in [2.45, 2.75) is 45.3 Å². The van der Waals surface area contributed by atoms with Crippen LogP contribution in [0.3, 0.4) is 0 Å². The summed E-state index contributed by atoms with van der Waals surface area (Å²) in [5, 5.41) is 1.43. The number of hydrogen-bond donors (Lipinski definition) is 1. The summed E-state index contributed by atoms with van der Waals surface area (Å²) in [7, 11) is 0. The molecular weight excluding hydrogens is 413 g/mol. The fourth-order valence-electron chi connectivity index (χ4n) is 4.23. The molecule has 1 aromatic heterocycles. The van der Waals surface area contributed by atoms with Crippen molar-refractivity contribution < 1.29 is 18.0 Å². The van der Waals surface area contributed by atoms with Crippen LogP contribution in [0.4, 0.5) is 13.2 Å². The lowest BCUT2D eigenvalue weighted by atomic mass is 10.0. The van der Waals surface area contributed by atoms with Crippen LogP contribution in [-0.2, 0) is 19.1 Å². The summed E-state index contributed by atoms with van der Waals surface area (Å²) < 4.78 is 41.6. The van der Waals surface area contributed by atoms with Gasteiger partial charge in [-0.15, -0.1) is 0 Å². The van der Waals surface area contributed by atoms with Crippen molar-refractivity contribution in [3.8, 4) is 0 Å². The van der Waals surface area contributed by atoms with E-state index in [1.165, 1.54) is 12.1 Å². The summed E-state index contributed by atoms with van der Waals surface area (Å²) in [6, 6.07) is 17.9.